The highest BCUT2D eigenvalue weighted by Gasteiger charge is 2.20. The summed E-state index contributed by atoms with van der Waals surface area (Å²) in [4.78, 5) is 0. The van der Waals surface area contributed by atoms with Gasteiger partial charge in [-0.1, -0.05) is 12.1 Å². The molecule has 0 saturated carbocycles. The Bertz CT molecular complexity index is 279. The van der Waals surface area contributed by atoms with Crippen molar-refractivity contribution in [2.24, 2.45) is 5.73 Å². The van der Waals surface area contributed by atoms with E-state index >= 15 is 0 Å². The molecule has 1 rings (SSSR count). The maximum atomic E-state index is 8.66. The van der Waals surface area contributed by atoms with Gasteiger partial charge in [0.1, 0.15) is 5.75 Å². The van der Waals surface area contributed by atoms with Crippen molar-refractivity contribution in [3.63, 3.8) is 0 Å². The average molecular weight is 259 g/mol. The van der Waals surface area contributed by atoms with Crippen molar-refractivity contribution >= 4 is 0 Å². The molecule has 6 heteroatoms. The average Bonchev–Trinajstić information content (AvgIpc) is 2.47. The molecule has 0 fully saturated rings. The Morgan fingerprint density at radius 3 is 1.67 bits per heavy atom. The molecule has 0 saturated heterocycles. The zero-order valence-electron chi connectivity index (χ0n) is 10.4. The highest BCUT2D eigenvalue weighted by atomic mass is 16.5. The van der Waals surface area contributed by atoms with Crippen LogP contribution in [-0.4, -0.2) is 52.9 Å². The van der Waals surface area contributed by atoms with Gasteiger partial charge in [0.25, 0.3) is 0 Å². The van der Waals surface area contributed by atoms with Gasteiger partial charge >= 0.3 is 0 Å². The first-order chi connectivity index (χ1) is 8.55. The summed E-state index contributed by atoms with van der Waals surface area (Å²) in [5, 5.41) is 33.7. The van der Waals surface area contributed by atoms with E-state index in [2.05, 4.69) is 0 Å². The lowest BCUT2D eigenvalue weighted by Crippen LogP contribution is -2.50. The Kier molecular flexibility index (Phi) is 8.27. The third kappa shape index (κ3) is 5.95. The van der Waals surface area contributed by atoms with E-state index in [-0.39, 0.29) is 6.61 Å². The molecule has 6 N–H and O–H groups in total. The van der Waals surface area contributed by atoms with Crippen LogP contribution in [-0.2, 0) is 6.61 Å². The van der Waals surface area contributed by atoms with Crippen LogP contribution in [0.5, 0.6) is 5.75 Å². The normalized spacial score (nSPS) is 10.6. The SMILES string of the molecule is COc1ccc(CO)cc1.NC(CO)(CO)CO. The van der Waals surface area contributed by atoms with Gasteiger partial charge in [-0.3, -0.25) is 0 Å². The van der Waals surface area contributed by atoms with Gasteiger partial charge in [-0.2, -0.15) is 0 Å². The predicted octanol–water partition coefficient (Wildman–Crippen LogP) is -1.15. The molecule has 0 amide bonds. The molecular formula is C12H21NO5. The van der Waals surface area contributed by atoms with Crippen molar-refractivity contribution < 1.29 is 25.2 Å². The Morgan fingerprint density at radius 2 is 1.44 bits per heavy atom. The molecule has 104 valence electrons. The Hall–Kier alpha value is -1.18. The third-order valence-corrected chi connectivity index (χ3v) is 2.29. The second kappa shape index (κ2) is 8.84. The van der Waals surface area contributed by atoms with Crippen LogP contribution >= 0.6 is 0 Å². The molecule has 0 aliphatic carbocycles. The summed E-state index contributed by atoms with van der Waals surface area (Å²) < 4.78 is 4.93. The van der Waals surface area contributed by atoms with Crippen molar-refractivity contribution in [1.29, 1.82) is 0 Å². The fraction of sp³-hybridized carbons (Fsp3) is 0.500. The Morgan fingerprint density at radius 1 is 1.00 bits per heavy atom. The molecular weight excluding hydrogens is 238 g/mol. The lowest BCUT2D eigenvalue weighted by atomic mass is 10.1. The quantitative estimate of drug-likeness (QED) is 0.456. The molecule has 0 bridgehead atoms. The van der Waals surface area contributed by atoms with Gasteiger partial charge in [-0.25, -0.2) is 0 Å². The first kappa shape index (κ1) is 16.8. The number of benzene rings is 1. The van der Waals surface area contributed by atoms with E-state index in [9.17, 15) is 0 Å². The van der Waals surface area contributed by atoms with E-state index in [1.54, 1.807) is 7.11 Å². The monoisotopic (exact) mass is 259 g/mol. The van der Waals surface area contributed by atoms with Crippen LogP contribution in [0.4, 0.5) is 0 Å². The van der Waals surface area contributed by atoms with E-state index < -0.39 is 25.4 Å². The molecule has 0 heterocycles. The largest absolute Gasteiger partial charge is 0.497 e. The van der Waals surface area contributed by atoms with Crippen molar-refractivity contribution in [1.82, 2.24) is 0 Å². The van der Waals surface area contributed by atoms with Crippen LogP contribution in [0.1, 0.15) is 5.56 Å². The molecule has 0 spiro atoms. The second-order valence-electron chi connectivity index (χ2n) is 3.84. The van der Waals surface area contributed by atoms with Crippen LogP contribution in [0.25, 0.3) is 0 Å². The summed E-state index contributed by atoms with van der Waals surface area (Å²) in [6, 6.07) is 7.31. The first-order valence-corrected chi connectivity index (χ1v) is 5.40. The number of ether oxygens (including phenoxy) is 1. The highest BCUT2D eigenvalue weighted by molar-refractivity contribution is 5.26. The second-order valence-corrected chi connectivity index (χ2v) is 3.84. The fourth-order valence-corrected chi connectivity index (χ4v) is 0.881. The summed E-state index contributed by atoms with van der Waals surface area (Å²) in [5.74, 6) is 0.817. The third-order valence-electron chi connectivity index (χ3n) is 2.29. The molecule has 0 aromatic heterocycles. The molecule has 0 aliphatic rings. The highest BCUT2D eigenvalue weighted by Crippen LogP contribution is 2.10. The van der Waals surface area contributed by atoms with E-state index in [4.69, 9.17) is 30.9 Å². The Balaban J connectivity index is 0.000000331. The maximum absolute atomic E-state index is 8.66. The fourth-order valence-electron chi connectivity index (χ4n) is 0.881. The lowest BCUT2D eigenvalue weighted by Gasteiger charge is -2.20. The Labute approximate surface area is 106 Å². The van der Waals surface area contributed by atoms with E-state index in [0.717, 1.165) is 11.3 Å². The molecule has 0 aliphatic heterocycles. The lowest BCUT2D eigenvalue weighted by molar-refractivity contribution is 0.0698. The van der Waals surface area contributed by atoms with E-state index in [1.807, 2.05) is 24.3 Å². The summed E-state index contributed by atoms with van der Waals surface area (Å²) >= 11 is 0. The summed E-state index contributed by atoms with van der Waals surface area (Å²) in [6.07, 6.45) is 0. The van der Waals surface area contributed by atoms with Gasteiger partial charge in [-0.05, 0) is 17.7 Å². The van der Waals surface area contributed by atoms with Gasteiger partial charge in [0.15, 0.2) is 0 Å². The number of hydrogen-bond acceptors (Lipinski definition) is 6. The molecule has 18 heavy (non-hydrogen) atoms. The summed E-state index contributed by atoms with van der Waals surface area (Å²) in [6.45, 7) is -1.12. The van der Waals surface area contributed by atoms with Gasteiger partial charge in [0, 0.05) is 0 Å². The van der Waals surface area contributed by atoms with Crippen molar-refractivity contribution in [2.45, 2.75) is 12.1 Å². The maximum Gasteiger partial charge on any atom is 0.118 e. The van der Waals surface area contributed by atoms with Crippen LogP contribution in [0.15, 0.2) is 24.3 Å². The molecule has 0 radical (unpaired) electrons. The standard InChI is InChI=1S/C8H10O2.C4H11NO3/c1-10-8-4-2-7(6-9)3-5-8;5-4(1-6,2-7)3-8/h2-5,9H,6H2,1H3;6-8H,1-3,5H2. The molecule has 1 aromatic rings. The minimum atomic E-state index is -1.21. The topological polar surface area (TPSA) is 116 Å². The number of hydrogen-bond donors (Lipinski definition) is 5. The van der Waals surface area contributed by atoms with Crippen LogP contribution in [0.3, 0.4) is 0 Å². The first-order valence-electron chi connectivity index (χ1n) is 5.40. The van der Waals surface area contributed by atoms with Crippen molar-refractivity contribution in [2.75, 3.05) is 26.9 Å². The van der Waals surface area contributed by atoms with Crippen LogP contribution < -0.4 is 10.5 Å². The number of nitrogens with two attached hydrogens (primary N) is 1. The molecule has 1 aromatic carbocycles. The minimum absolute atomic E-state index is 0.0873. The number of rotatable bonds is 5. The van der Waals surface area contributed by atoms with E-state index in [0.29, 0.717) is 0 Å². The zero-order valence-corrected chi connectivity index (χ0v) is 10.4. The van der Waals surface area contributed by atoms with Crippen molar-refractivity contribution in [3.05, 3.63) is 29.8 Å². The van der Waals surface area contributed by atoms with E-state index in [1.165, 1.54) is 0 Å². The van der Waals surface area contributed by atoms with Gasteiger partial charge in [0.05, 0.1) is 39.1 Å². The van der Waals surface area contributed by atoms with Gasteiger partial charge in [0.2, 0.25) is 0 Å². The van der Waals surface area contributed by atoms with Crippen molar-refractivity contribution in [3.8, 4) is 5.75 Å². The van der Waals surface area contributed by atoms with Crippen LogP contribution in [0, 0.1) is 0 Å². The minimum Gasteiger partial charge on any atom is -0.497 e. The van der Waals surface area contributed by atoms with Gasteiger partial charge < -0.3 is 30.9 Å². The van der Waals surface area contributed by atoms with Gasteiger partial charge in [-0.15, -0.1) is 0 Å². The number of aliphatic hydroxyl groups is 4. The number of methoxy groups -OCH3 is 1. The van der Waals surface area contributed by atoms with Crippen LogP contribution in [0.2, 0.25) is 0 Å². The zero-order chi connectivity index (χ0) is 14.0. The summed E-state index contributed by atoms with van der Waals surface area (Å²) in [7, 11) is 1.62. The molecule has 0 atom stereocenters. The molecule has 6 nitrogen and oxygen atoms in total. The smallest absolute Gasteiger partial charge is 0.118 e. The molecule has 0 unspecified atom stereocenters. The predicted molar refractivity (Wildman–Crippen MR) is 67.1 cm³/mol. The summed E-state index contributed by atoms with van der Waals surface area (Å²) in [5.41, 5.74) is 4.84. The number of aliphatic hydroxyl groups excluding tert-OH is 4.